The second-order valence-electron chi connectivity index (χ2n) is 5.21. The normalized spacial score (nSPS) is 10.3. The first-order chi connectivity index (χ1) is 10.5. The number of carbonyl (C=O) groups excluding carboxylic acids is 1. The second kappa shape index (κ2) is 6.98. The Bertz CT molecular complexity index is 650. The highest BCUT2D eigenvalue weighted by molar-refractivity contribution is 5.96. The van der Waals surface area contributed by atoms with E-state index in [1.54, 1.807) is 24.1 Å². The zero-order chi connectivity index (χ0) is 16.1. The van der Waals surface area contributed by atoms with Crippen LogP contribution in [0.4, 0.5) is 0 Å². The van der Waals surface area contributed by atoms with Crippen molar-refractivity contribution >= 4 is 5.91 Å². The summed E-state index contributed by atoms with van der Waals surface area (Å²) in [5, 5.41) is 9.95. The van der Waals surface area contributed by atoms with Gasteiger partial charge in [0.25, 0.3) is 5.91 Å². The molecule has 0 aliphatic heterocycles. The summed E-state index contributed by atoms with van der Waals surface area (Å²) in [6.07, 6.45) is 0.995. The largest absolute Gasteiger partial charge is 0.507 e. The van der Waals surface area contributed by atoms with Crippen molar-refractivity contribution in [3.63, 3.8) is 0 Å². The van der Waals surface area contributed by atoms with E-state index < -0.39 is 0 Å². The van der Waals surface area contributed by atoms with Crippen molar-refractivity contribution in [2.75, 3.05) is 14.2 Å². The molecule has 116 valence electrons. The van der Waals surface area contributed by atoms with Gasteiger partial charge in [0.1, 0.15) is 11.5 Å². The number of phenolic OH excluding ortho intramolecular Hbond substituents is 1. The van der Waals surface area contributed by atoms with Crippen LogP contribution in [0.1, 0.15) is 28.4 Å². The number of amides is 1. The minimum Gasteiger partial charge on any atom is -0.507 e. The van der Waals surface area contributed by atoms with Crippen LogP contribution in [0.5, 0.6) is 11.5 Å². The zero-order valence-electron chi connectivity index (χ0n) is 13.2. The van der Waals surface area contributed by atoms with Crippen molar-refractivity contribution in [1.29, 1.82) is 0 Å². The van der Waals surface area contributed by atoms with E-state index >= 15 is 0 Å². The van der Waals surface area contributed by atoms with Gasteiger partial charge in [-0.3, -0.25) is 4.79 Å². The first kappa shape index (κ1) is 15.9. The lowest BCUT2D eigenvalue weighted by atomic mass is 10.1. The minimum absolute atomic E-state index is 0.0717. The average Bonchev–Trinajstić information content (AvgIpc) is 2.54. The van der Waals surface area contributed by atoms with Gasteiger partial charge in [0.2, 0.25) is 0 Å². The van der Waals surface area contributed by atoms with Crippen LogP contribution < -0.4 is 4.74 Å². The Morgan fingerprint density at radius 1 is 1.14 bits per heavy atom. The number of aromatic hydroxyl groups is 1. The molecule has 0 unspecified atom stereocenters. The van der Waals surface area contributed by atoms with Crippen molar-refractivity contribution in [2.24, 2.45) is 0 Å². The first-order valence-corrected chi connectivity index (χ1v) is 7.25. The molecule has 22 heavy (non-hydrogen) atoms. The molecule has 0 saturated carbocycles. The number of aryl methyl sites for hydroxylation is 1. The van der Waals surface area contributed by atoms with Gasteiger partial charge in [-0.2, -0.15) is 0 Å². The van der Waals surface area contributed by atoms with Crippen LogP contribution >= 0.6 is 0 Å². The lowest BCUT2D eigenvalue weighted by molar-refractivity contribution is 0.0782. The Hall–Kier alpha value is -2.49. The molecular weight excluding hydrogens is 278 g/mol. The number of ether oxygens (including phenoxy) is 1. The molecule has 0 aliphatic carbocycles. The van der Waals surface area contributed by atoms with Crippen LogP contribution in [-0.2, 0) is 13.0 Å². The molecule has 0 atom stereocenters. The van der Waals surface area contributed by atoms with E-state index in [-0.39, 0.29) is 17.2 Å². The minimum atomic E-state index is -0.222. The van der Waals surface area contributed by atoms with Crippen LogP contribution in [0.3, 0.4) is 0 Å². The van der Waals surface area contributed by atoms with Crippen LogP contribution in [0.25, 0.3) is 0 Å². The molecule has 0 spiro atoms. The van der Waals surface area contributed by atoms with Gasteiger partial charge in [-0.25, -0.2) is 0 Å². The molecule has 4 heteroatoms. The summed E-state index contributed by atoms with van der Waals surface area (Å²) in [5.74, 6) is 0.226. The number of methoxy groups -OCH3 is 1. The van der Waals surface area contributed by atoms with E-state index in [0.717, 1.165) is 12.0 Å². The quantitative estimate of drug-likeness (QED) is 0.922. The van der Waals surface area contributed by atoms with Crippen molar-refractivity contribution in [2.45, 2.75) is 19.9 Å². The van der Waals surface area contributed by atoms with E-state index in [0.29, 0.717) is 12.3 Å². The van der Waals surface area contributed by atoms with Crippen molar-refractivity contribution in [1.82, 2.24) is 4.90 Å². The van der Waals surface area contributed by atoms with E-state index in [4.69, 9.17) is 4.74 Å². The van der Waals surface area contributed by atoms with E-state index in [9.17, 15) is 9.90 Å². The molecular formula is C18H21NO3. The van der Waals surface area contributed by atoms with Gasteiger partial charge >= 0.3 is 0 Å². The monoisotopic (exact) mass is 299 g/mol. The first-order valence-electron chi connectivity index (χ1n) is 7.25. The third-order valence-corrected chi connectivity index (χ3v) is 3.63. The molecule has 2 aromatic rings. The van der Waals surface area contributed by atoms with Gasteiger partial charge in [0.05, 0.1) is 12.7 Å². The molecule has 0 fully saturated rings. The second-order valence-corrected chi connectivity index (χ2v) is 5.21. The zero-order valence-corrected chi connectivity index (χ0v) is 13.2. The number of benzene rings is 2. The molecule has 0 radical (unpaired) electrons. The fourth-order valence-electron chi connectivity index (χ4n) is 2.25. The molecule has 1 N–H and O–H groups in total. The number of rotatable bonds is 5. The summed E-state index contributed by atoms with van der Waals surface area (Å²) in [4.78, 5) is 14.0. The molecule has 4 nitrogen and oxygen atoms in total. The van der Waals surface area contributed by atoms with Gasteiger partial charge < -0.3 is 14.7 Å². The Morgan fingerprint density at radius 2 is 1.77 bits per heavy atom. The summed E-state index contributed by atoms with van der Waals surface area (Å²) in [6, 6.07) is 12.9. The predicted molar refractivity (Wildman–Crippen MR) is 86.3 cm³/mol. The Labute approximate surface area is 131 Å². The van der Waals surface area contributed by atoms with Gasteiger partial charge in [0, 0.05) is 19.7 Å². The van der Waals surface area contributed by atoms with Crippen molar-refractivity contribution in [3.8, 4) is 11.5 Å². The molecule has 0 aromatic heterocycles. The highest BCUT2D eigenvalue weighted by atomic mass is 16.5. The third-order valence-electron chi connectivity index (χ3n) is 3.63. The van der Waals surface area contributed by atoms with Gasteiger partial charge in [-0.15, -0.1) is 0 Å². The number of hydrogen-bond donors (Lipinski definition) is 1. The summed E-state index contributed by atoms with van der Waals surface area (Å²) in [5.41, 5.74) is 2.60. The summed E-state index contributed by atoms with van der Waals surface area (Å²) < 4.78 is 5.02. The molecule has 2 aromatic carbocycles. The lowest BCUT2D eigenvalue weighted by Gasteiger charge is -2.18. The summed E-state index contributed by atoms with van der Waals surface area (Å²) >= 11 is 0. The van der Waals surface area contributed by atoms with Crippen LogP contribution in [-0.4, -0.2) is 30.1 Å². The van der Waals surface area contributed by atoms with Crippen LogP contribution in [0.15, 0.2) is 42.5 Å². The maximum atomic E-state index is 12.4. The molecule has 0 heterocycles. The predicted octanol–water partition coefficient (Wildman–Crippen LogP) is 3.24. The molecule has 0 saturated heterocycles. The smallest absolute Gasteiger partial charge is 0.257 e. The SMILES string of the molecule is CCc1ccc(CN(C)C(=O)c2ccc(OC)cc2O)cc1. The maximum absolute atomic E-state index is 12.4. The van der Waals surface area contributed by atoms with Gasteiger partial charge in [0.15, 0.2) is 0 Å². The van der Waals surface area contributed by atoms with E-state index in [1.165, 1.54) is 18.7 Å². The Balaban J connectivity index is 2.11. The van der Waals surface area contributed by atoms with Gasteiger partial charge in [-0.05, 0) is 29.7 Å². The fourth-order valence-corrected chi connectivity index (χ4v) is 2.25. The molecule has 2 rings (SSSR count). The van der Waals surface area contributed by atoms with Crippen molar-refractivity contribution < 1.29 is 14.6 Å². The Kier molecular flexibility index (Phi) is 5.04. The lowest BCUT2D eigenvalue weighted by Crippen LogP contribution is -2.26. The highest BCUT2D eigenvalue weighted by Crippen LogP contribution is 2.24. The third kappa shape index (κ3) is 3.58. The summed E-state index contributed by atoms with van der Waals surface area (Å²) in [7, 11) is 3.24. The van der Waals surface area contributed by atoms with Gasteiger partial charge in [-0.1, -0.05) is 31.2 Å². The Morgan fingerprint density at radius 3 is 2.32 bits per heavy atom. The van der Waals surface area contributed by atoms with E-state index in [2.05, 4.69) is 19.1 Å². The van der Waals surface area contributed by atoms with Crippen molar-refractivity contribution in [3.05, 3.63) is 59.2 Å². The topological polar surface area (TPSA) is 49.8 Å². The molecule has 0 aliphatic rings. The average molecular weight is 299 g/mol. The molecule has 0 bridgehead atoms. The van der Waals surface area contributed by atoms with Crippen LogP contribution in [0.2, 0.25) is 0 Å². The summed E-state index contributed by atoms with van der Waals surface area (Å²) in [6.45, 7) is 2.60. The van der Waals surface area contributed by atoms with E-state index in [1.807, 2.05) is 12.1 Å². The number of carbonyl (C=O) groups is 1. The number of phenols is 1. The molecule has 1 amide bonds. The maximum Gasteiger partial charge on any atom is 0.257 e. The number of hydrogen-bond acceptors (Lipinski definition) is 3. The fraction of sp³-hybridized carbons (Fsp3) is 0.278. The number of nitrogens with zero attached hydrogens (tertiary/aromatic N) is 1. The van der Waals surface area contributed by atoms with Crippen LogP contribution in [0, 0.1) is 0 Å². The highest BCUT2D eigenvalue weighted by Gasteiger charge is 2.16. The standard InChI is InChI=1S/C18H21NO3/c1-4-13-5-7-14(8-6-13)12-19(2)18(21)16-10-9-15(22-3)11-17(16)20/h5-11,20H,4,12H2,1-3H3.